The van der Waals surface area contributed by atoms with Crippen LogP contribution in [0.3, 0.4) is 0 Å². The number of nitrogens with zero attached hydrogens (tertiary/aromatic N) is 1. The molecule has 0 aromatic rings. The van der Waals surface area contributed by atoms with Gasteiger partial charge in [-0.3, -0.25) is 4.90 Å². The van der Waals surface area contributed by atoms with Gasteiger partial charge in [0.15, 0.2) is 0 Å². The molecule has 0 aliphatic rings. The molecule has 0 aliphatic carbocycles. The summed E-state index contributed by atoms with van der Waals surface area (Å²) >= 11 is 0. The minimum atomic E-state index is 0.645. The zero-order chi connectivity index (χ0) is 11.7. The van der Waals surface area contributed by atoms with Crippen LogP contribution in [0.25, 0.3) is 0 Å². The van der Waals surface area contributed by atoms with Crippen LogP contribution in [0.1, 0.15) is 34.1 Å². The normalized spacial score (nSPS) is 13.5. The second-order valence-corrected chi connectivity index (χ2v) is 4.49. The molecule has 0 saturated heterocycles. The molecule has 0 fully saturated rings. The minimum Gasteiger partial charge on any atom is -0.315 e. The minimum absolute atomic E-state index is 0.645. The maximum Gasteiger partial charge on any atom is 0.0221 e. The molecular weight excluding hydrogens is 184 g/mol. The van der Waals surface area contributed by atoms with Crippen LogP contribution < -0.4 is 5.32 Å². The van der Waals surface area contributed by atoms with E-state index in [2.05, 4.69) is 44.5 Å². The molecule has 0 spiro atoms. The van der Waals surface area contributed by atoms with Crippen LogP contribution in [0, 0.1) is 5.92 Å². The number of likely N-dealkylation sites (N-methyl/N-ethyl adjacent to an activating group) is 1. The summed E-state index contributed by atoms with van der Waals surface area (Å²) in [6, 6.07) is 0.645. The lowest BCUT2D eigenvalue weighted by atomic mass is 10.1. The molecule has 15 heavy (non-hydrogen) atoms. The highest BCUT2D eigenvalue weighted by molar-refractivity contribution is 4.79. The van der Waals surface area contributed by atoms with Gasteiger partial charge in [0.1, 0.15) is 0 Å². The van der Waals surface area contributed by atoms with E-state index in [-0.39, 0.29) is 0 Å². The predicted octanol–water partition coefficient (Wildman–Crippen LogP) is 2.52. The molecule has 2 nitrogen and oxygen atoms in total. The van der Waals surface area contributed by atoms with Crippen molar-refractivity contribution >= 4 is 0 Å². The lowest BCUT2D eigenvalue weighted by Crippen LogP contribution is -2.42. The summed E-state index contributed by atoms with van der Waals surface area (Å²) in [4.78, 5) is 2.47. The lowest BCUT2D eigenvalue weighted by molar-refractivity contribution is 0.215. The monoisotopic (exact) mass is 212 g/mol. The Balaban J connectivity index is 3.91. The highest BCUT2D eigenvalue weighted by Crippen LogP contribution is 2.03. The molecule has 1 atom stereocenters. The molecule has 0 rings (SSSR count). The van der Waals surface area contributed by atoms with Crippen molar-refractivity contribution in [1.29, 1.82) is 0 Å². The van der Waals surface area contributed by atoms with Gasteiger partial charge >= 0.3 is 0 Å². The molecule has 0 heterocycles. The molecule has 1 N–H and O–H groups in total. The second kappa shape index (κ2) is 8.93. The quantitative estimate of drug-likeness (QED) is 0.591. The fourth-order valence-corrected chi connectivity index (χ4v) is 1.77. The van der Waals surface area contributed by atoms with Crippen LogP contribution in [0.15, 0.2) is 12.7 Å². The number of rotatable bonds is 9. The average molecular weight is 212 g/mol. The molecule has 1 unspecified atom stereocenters. The van der Waals surface area contributed by atoms with Crippen LogP contribution in [-0.4, -0.2) is 37.1 Å². The van der Waals surface area contributed by atoms with Crippen LogP contribution in [-0.2, 0) is 0 Å². The number of hydrogen-bond donors (Lipinski definition) is 1. The molecule has 0 amide bonds. The van der Waals surface area contributed by atoms with E-state index in [1.807, 2.05) is 6.08 Å². The van der Waals surface area contributed by atoms with E-state index in [1.165, 1.54) is 6.42 Å². The number of hydrogen-bond acceptors (Lipinski definition) is 2. The summed E-state index contributed by atoms with van der Waals surface area (Å²) in [5, 5.41) is 3.53. The SMILES string of the molecule is C=CCN(CC)C(CC)CNCC(C)C. The van der Waals surface area contributed by atoms with Crippen LogP contribution in [0.5, 0.6) is 0 Å². The molecule has 90 valence electrons. The van der Waals surface area contributed by atoms with Gasteiger partial charge in [0.2, 0.25) is 0 Å². The van der Waals surface area contributed by atoms with E-state index in [0.717, 1.165) is 32.1 Å². The van der Waals surface area contributed by atoms with Gasteiger partial charge in [0, 0.05) is 19.1 Å². The van der Waals surface area contributed by atoms with Crippen molar-refractivity contribution in [3.63, 3.8) is 0 Å². The molecule has 0 radical (unpaired) electrons. The van der Waals surface area contributed by atoms with Crippen LogP contribution >= 0.6 is 0 Å². The maximum absolute atomic E-state index is 3.81. The maximum atomic E-state index is 3.81. The topological polar surface area (TPSA) is 15.3 Å². The first-order valence-electron chi connectivity index (χ1n) is 6.21. The van der Waals surface area contributed by atoms with E-state index < -0.39 is 0 Å². The van der Waals surface area contributed by atoms with Gasteiger partial charge in [-0.25, -0.2) is 0 Å². The van der Waals surface area contributed by atoms with Gasteiger partial charge in [-0.2, -0.15) is 0 Å². The Morgan fingerprint density at radius 3 is 2.33 bits per heavy atom. The van der Waals surface area contributed by atoms with Crippen molar-refractivity contribution in [2.75, 3.05) is 26.2 Å². The van der Waals surface area contributed by atoms with Gasteiger partial charge in [-0.1, -0.05) is 33.8 Å². The molecule has 2 heteroatoms. The van der Waals surface area contributed by atoms with Gasteiger partial charge in [0.25, 0.3) is 0 Å². The molecule has 0 aromatic heterocycles. The summed E-state index contributed by atoms with van der Waals surface area (Å²) in [7, 11) is 0. The summed E-state index contributed by atoms with van der Waals surface area (Å²) < 4.78 is 0. The smallest absolute Gasteiger partial charge is 0.0221 e. The Hall–Kier alpha value is -0.340. The fourth-order valence-electron chi connectivity index (χ4n) is 1.77. The third-order valence-corrected chi connectivity index (χ3v) is 2.69. The zero-order valence-corrected chi connectivity index (χ0v) is 10.9. The second-order valence-electron chi connectivity index (χ2n) is 4.49. The molecule has 0 aliphatic heterocycles. The van der Waals surface area contributed by atoms with Crippen molar-refractivity contribution in [3.8, 4) is 0 Å². The lowest BCUT2D eigenvalue weighted by Gasteiger charge is -2.29. The summed E-state index contributed by atoms with van der Waals surface area (Å²) in [6.07, 6.45) is 3.20. The van der Waals surface area contributed by atoms with Crippen LogP contribution in [0.2, 0.25) is 0 Å². The van der Waals surface area contributed by atoms with Crippen molar-refractivity contribution in [3.05, 3.63) is 12.7 Å². The van der Waals surface area contributed by atoms with Crippen LogP contribution in [0.4, 0.5) is 0 Å². The third-order valence-electron chi connectivity index (χ3n) is 2.69. The van der Waals surface area contributed by atoms with E-state index in [9.17, 15) is 0 Å². The van der Waals surface area contributed by atoms with E-state index in [4.69, 9.17) is 0 Å². The summed E-state index contributed by atoms with van der Waals surface area (Å²) in [6.45, 7) is 17.1. The van der Waals surface area contributed by atoms with Crippen molar-refractivity contribution in [2.24, 2.45) is 5.92 Å². The highest BCUT2D eigenvalue weighted by Gasteiger charge is 2.13. The predicted molar refractivity (Wildman–Crippen MR) is 69.2 cm³/mol. The molecule has 0 bridgehead atoms. The molecule has 0 aromatic carbocycles. The van der Waals surface area contributed by atoms with Crippen molar-refractivity contribution in [1.82, 2.24) is 10.2 Å². The Kier molecular flexibility index (Phi) is 8.73. The highest BCUT2D eigenvalue weighted by atomic mass is 15.2. The summed E-state index contributed by atoms with van der Waals surface area (Å²) in [5.41, 5.74) is 0. The standard InChI is InChI=1S/C13H28N2/c1-6-9-15(8-3)13(7-2)11-14-10-12(4)5/h6,12-14H,1,7-11H2,2-5H3. The van der Waals surface area contributed by atoms with Gasteiger partial charge in [0.05, 0.1) is 0 Å². The summed E-state index contributed by atoms with van der Waals surface area (Å²) in [5.74, 6) is 0.733. The largest absolute Gasteiger partial charge is 0.315 e. The average Bonchev–Trinajstić information content (AvgIpc) is 2.21. The van der Waals surface area contributed by atoms with Crippen molar-refractivity contribution < 1.29 is 0 Å². The zero-order valence-electron chi connectivity index (χ0n) is 10.9. The molecule has 0 saturated carbocycles. The first-order chi connectivity index (χ1) is 7.15. The van der Waals surface area contributed by atoms with E-state index in [1.54, 1.807) is 0 Å². The fraction of sp³-hybridized carbons (Fsp3) is 0.846. The Morgan fingerprint density at radius 2 is 1.93 bits per heavy atom. The van der Waals surface area contributed by atoms with Gasteiger partial charge in [-0.05, 0) is 25.4 Å². The van der Waals surface area contributed by atoms with E-state index >= 15 is 0 Å². The Morgan fingerprint density at radius 1 is 1.27 bits per heavy atom. The van der Waals surface area contributed by atoms with Gasteiger partial charge < -0.3 is 5.32 Å². The van der Waals surface area contributed by atoms with Gasteiger partial charge in [-0.15, -0.1) is 6.58 Å². The first kappa shape index (κ1) is 14.7. The Labute approximate surface area is 95.7 Å². The molecular formula is C13H28N2. The Bertz CT molecular complexity index is 155. The third kappa shape index (κ3) is 6.69. The van der Waals surface area contributed by atoms with E-state index in [0.29, 0.717) is 6.04 Å². The number of nitrogens with one attached hydrogen (secondary N) is 1. The van der Waals surface area contributed by atoms with Crippen molar-refractivity contribution in [2.45, 2.75) is 40.2 Å². The first-order valence-corrected chi connectivity index (χ1v) is 6.21.